The monoisotopic (exact) mass is 335 g/mol. The van der Waals surface area contributed by atoms with Gasteiger partial charge in [-0.15, -0.1) is 0 Å². The number of aliphatic hydroxyl groups excluding tert-OH is 2. The lowest BCUT2D eigenvalue weighted by Crippen LogP contribution is -2.36. The van der Waals surface area contributed by atoms with Gasteiger partial charge in [-0.05, 0) is 20.8 Å². The zero-order chi connectivity index (χ0) is 17.6. The minimum Gasteiger partial charge on any atom is -0.459 e. The van der Waals surface area contributed by atoms with E-state index >= 15 is 0 Å². The third kappa shape index (κ3) is 2.69. The van der Waals surface area contributed by atoms with Crippen LogP contribution in [0.15, 0.2) is 12.7 Å². The van der Waals surface area contributed by atoms with Gasteiger partial charge in [0.25, 0.3) is 0 Å². The SMILES string of the molecule is CC(C)(C)C(=O)O[C@H]1C[C@@H](n2cnc3c(N)ncnc32)[C@H](O)[C@@H]1O. The number of carbonyl (C=O) groups is 1. The predicted molar refractivity (Wildman–Crippen MR) is 84.7 cm³/mol. The van der Waals surface area contributed by atoms with Crippen LogP contribution in [0.3, 0.4) is 0 Å². The van der Waals surface area contributed by atoms with Crippen molar-refractivity contribution < 1.29 is 19.7 Å². The highest BCUT2D eigenvalue weighted by Crippen LogP contribution is 2.35. The van der Waals surface area contributed by atoms with Gasteiger partial charge in [-0.2, -0.15) is 0 Å². The molecule has 0 aliphatic heterocycles. The number of imidazole rings is 1. The van der Waals surface area contributed by atoms with Crippen molar-refractivity contribution in [1.29, 1.82) is 0 Å². The van der Waals surface area contributed by atoms with Crippen LogP contribution in [0.2, 0.25) is 0 Å². The number of hydrogen-bond acceptors (Lipinski definition) is 8. The molecule has 130 valence electrons. The van der Waals surface area contributed by atoms with Crippen molar-refractivity contribution in [3.8, 4) is 0 Å². The molecule has 0 amide bonds. The van der Waals surface area contributed by atoms with Gasteiger partial charge in [-0.1, -0.05) is 0 Å². The van der Waals surface area contributed by atoms with Crippen molar-refractivity contribution >= 4 is 23.0 Å². The van der Waals surface area contributed by atoms with Crippen molar-refractivity contribution in [2.45, 2.75) is 51.5 Å². The van der Waals surface area contributed by atoms with Gasteiger partial charge >= 0.3 is 5.97 Å². The van der Waals surface area contributed by atoms with E-state index in [1.807, 2.05) is 0 Å². The number of nitrogen functional groups attached to an aromatic ring is 1. The van der Waals surface area contributed by atoms with Gasteiger partial charge in [-0.25, -0.2) is 15.0 Å². The second kappa shape index (κ2) is 5.67. The second-order valence-corrected chi connectivity index (χ2v) is 7.06. The van der Waals surface area contributed by atoms with Gasteiger partial charge in [-0.3, -0.25) is 4.79 Å². The molecule has 1 saturated carbocycles. The number of hydrogen-bond donors (Lipinski definition) is 3. The molecule has 2 aromatic heterocycles. The summed E-state index contributed by atoms with van der Waals surface area (Å²) >= 11 is 0. The van der Waals surface area contributed by atoms with Crippen molar-refractivity contribution in [2.24, 2.45) is 5.41 Å². The van der Waals surface area contributed by atoms with Crippen LogP contribution in [0.4, 0.5) is 5.82 Å². The standard InChI is InChI=1S/C15H21N5O4/c1-15(2,3)14(23)24-8-4-7(10(21)11(8)22)20-6-19-9-12(16)17-5-18-13(9)20/h5-8,10-11,21-22H,4H2,1-3H3,(H2,16,17,18)/t7-,8+,10+,11-/m1/s1. The molecule has 24 heavy (non-hydrogen) atoms. The highest BCUT2D eigenvalue weighted by molar-refractivity contribution is 5.81. The number of anilines is 1. The quantitative estimate of drug-likeness (QED) is 0.654. The van der Waals surface area contributed by atoms with E-state index in [-0.39, 0.29) is 12.2 Å². The molecule has 1 aliphatic carbocycles. The minimum absolute atomic E-state index is 0.238. The Morgan fingerprint density at radius 3 is 2.67 bits per heavy atom. The number of aliphatic hydroxyl groups is 2. The van der Waals surface area contributed by atoms with Gasteiger partial charge in [0.05, 0.1) is 17.8 Å². The molecule has 4 atom stereocenters. The number of ether oxygens (including phenoxy) is 1. The maximum absolute atomic E-state index is 12.1. The summed E-state index contributed by atoms with van der Waals surface area (Å²) in [5.41, 5.74) is 5.96. The van der Waals surface area contributed by atoms with Gasteiger partial charge in [0.15, 0.2) is 11.5 Å². The molecule has 0 spiro atoms. The molecule has 3 rings (SSSR count). The molecular weight excluding hydrogens is 314 g/mol. The van der Waals surface area contributed by atoms with Crippen LogP contribution in [0.25, 0.3) is 11.2 Å². The van der Waals surface area contributed by atoms with Crippen molar-refractivity contribution in [3.63, 3.8) is 0 Å². The fourth-order valence-electron chi connectivity index (χ4n) is 2.79. The van der Waals surface area contributed by atoms with E-state index in [9.17, 15) is 15.0 Å². The topological polar surface area (TPSA) is 136 Å². The Kier molecular flexibility index (Phi) is 3.92. The second-order valence-electron chi connectivity index (χ2n) is 7.06. The lowest BCUT2D eigenvalue weighted by atomic mass is 9.97. The first-order chi connectivity index (χ1) is 11.2. The number of aromatic nitrogens is 4. The van der Waals surface area contributed by atoms with E-state index in [0.717, 1.165) is 0 Å². The van der Waals surface area contributed by atoms with E-state index < -0.39 is 35.7 Å². The van der Waals surface area contributed by atoms with Crippen LogP contribution in [-0.2, 0) is 9.53 Å². The molecule has 0 radical (unpaired) electrons. The number of rotatable bonds is 2. The molecule has 1 aliphatic rings. The predicted octanol–water partition coefficient (Wildman–Crippen LogP) is 0.0330. The summed E-state index contributed by atoms with van der Waals surface area (Å²) in [5.74, 6) is -0.191. The maximum atomic E-state index is 12.1. The number of fused-ring (bicyclic) bond motifs is 1. The van der Waals surface area contributed by atoms with E-state index in [0.29, 0.717) is 11.2 Å². The highest BCUT2D eigenvalue weighted by Gasteiger charge is 2.46. The molecule has 9 nitrogen and oxygen atoms in total. The molecule has 0 unspecified atom stereocenters. The summed E-state index contributed by atoms with van der Waals surface area (Å²) in [6.07, 6.45) is -0.0447. The Morgan fingerprint density at radius 1 is 1.29 bits per heavy atom. The average Bonchev–Trinajstić information content (AvgIpc) is 3.04. The molecule has 0 aromatic carbocycles. The summed E-state index contributed by atoms with van der Waals surface area (Å²) in [5, 5.41) is 20.6. The zero-order valence-corrected chi connectivity index (χ0v) is 13.7. The molecule has 9 heteroatoms. The lowest BCUT2D eigenvalue weighted by molar-refractivity contribution is -0.164. The van der Waals surface area contributed by atoms with Crippen LogP contribution in [0.1, 0.15) is 33.2 Å². The number of nitrogens with two attached hydrogens (primary N) is 1. The smallest absolute Gasteiger partial charge is 0.311 e. The first-order valence-corrected chi connectivity index (χ1v) is 7.70. The Morgan fingerprint density at radius 2 is 2.00 bits per heavy atom. The Hall–Kier alpha value is -2.26. The van der Waals surface area contributed by atoms with Crippen molar-refractivity contribution in [1.82, 2.24) is 19.5 Å². The van der Waals surface area contributed by atoms with Crippen LogP contribution in [0.5, 0.6) is 0 Å². The third-order valence-corrected chi connectivity index (χ3v) is 4.21. The van der Waals surface area contributed by atoms with E-state index in [4.69, 9.17) is 10.5 Å². The molecule has 4 N–H and O–H groups in total. The maximum Gasteiger partial charge on any atom is 0.311 e. The lowest BCUT2D eigenvalue weighted by Gasteiger charge is -2.22. The van der Waals surface area contributed by atoms with Gasteiger partial charge in [0.1, 0.15) is 30.2 Å². The Bertz CT molecular complexity index is 769. The highest BCUT2D eigenvalue weighted by atomic mass is 16.6. The Labute approximate surface area is 138 Å². The summed E-state index contributed by atoms with van der Waals surface area (Å²) < 4.78 is 7.01. The van der Waals surface area contributed by atoms with Crippen LogP contribution in [0, 0.1) is 5.41 Å². The average molecular weight is 335 g/mol. The molecule has 1 fully saturated rings. The van der Waals surface area contributed by atoms with E-state index in [2.05, 4.69) is 15.0 Å². The van der Waals surface area contributed by atoms with Crippen molar-refractivity contribution in [3.05, 3.63) is 12.7 Å². The van der Waals surface area contributed by atoms with E-state index in [1.54, 1.807) is 25.3 Å². The molecule has 2 aromatic rings. The van der Waals surface area contributed by atoms with Gasteiger partial charge < -0.3 is 25.3 Å². The summed E-state index contributed by atoms with van der Waals surface area (Å²) in [4.78, 5) is 24.2. The van der Waals surface area contributed by atoms with Crippen molar-refractivity contribution in [2.75, 3.05) is 5.73 Å². The molecular formula is C15H21N5O4. The minimum atomic E-state index is -1.18. The Balaban J connectivity index is 1.87. The largest absolute Gasteiger partial charge is 0.459 e. The summed E-state index contributed by atoms with van der Waals surface area (Å²) in [6.45, 7) is 5.19. The number of nitrogens with zero attached hydrogens (tertiary/aromatic N) is 4. The molecule has 2 heterocycles. The summed E-state index contributed by atoms with van der Waals surface area (Å²) in [6, 6.07) is -0.530. The third-order valence-electron chi connectivity index (χ3n) is 4.21. The number of carbonyl (C=O) groups excluding carboxylic acids is 1. The van der Waals surface area contributed by atoms with Gasteiger partial charge in [0, 0.05) is 6.42 Å². The number of esters is 1. The molecule has 0 bridgehead atoms. The first-order valence-electron chi connectivity index (χ1n) is 7.70. The van der Waals surface area contributed by atoms with Gasteiger partial charge in [0.2, 0.25) is 0 Å². The fourth-order valence-corrected chi connectivity index (χ4v) is 2.79. The fraction of sp³-hybridized carbons (Fsp3) is 0.600. The van der Waals surface area contributed by atoms with Crippen LogP contribution in [-0.4, -0.2) is 54.0 Å². The zero-order valence-electron chi connectivity index (χ0n) is 13.7. The first kappa shape index (κ1) is 16.6. The normalized spacial score (nSPS) is 27.5. The van der Waals surface area contributed by atoms with E-state index in [1.165, 1.54) is 12.7 Å². The van der Waals surface area contributed by atoms with Crippen LogP contribution < -0.4 is 5.73 Å². The van der Waals surface area contributed by atoms with Crippen LogP contribution >= 0.6 is 0 Å². The molecule has 0 saturated heterocycles. The summed E-state index contributed by atoms with van der Waals surface area (Å²) in [7, 11) is 0.